The highest BCUT2D eigenvalue weighted by Gasteiger charge is 2.22. The van der Waals surface area contributed by atoms with E-state index in [0.29, 0.717) is 11.7 Å². The molecule has 2 atom stereocenters. The van der Waals surface area contributed by atoms with Crippen molar-refractivity contribution in [2.75, 3.05) is 24.8 Å². The van der Waals surface area contributed by atoms with Gasteiger partial charge in [0.1, 0.15) is 5.75 Å². The molecule has 0 spiro atoms. The fraction of sp³-hybridized carbons (Fsp3) is 0.600. The first-order valence-electron chi connectivity index (χ1n) is 6.78. The highest BCUT2D eigenvalue weighted by atomic mass is 16.5. The first kappa shape index (κ1) is 13.1. The Morgan fingerprint density at radius 1 is 1.33 bits per heavy atom. The number of rotatable bonds is 3. The number of hydrogen-bond acceptors (Lipinski definition) is 3. The third-order valence-corrected chi connectivity index (χ3v) is 4.08. The normalized spacial score (nSPS) is 23.7. The van der Waals surface area contributed by atoms with Crippen LogP contribution in [0.2, 0.25) is 0 Å². The topological polar surface area (TPSA) is 38.5 Å². The monoisotopic (exact) mass is 248 g/mol. The van der Waals surface area contributed by atoms with Crippen LogP contribution in [0.5, 0.6) is 5.75 Å². The second-order valence-electron chi connectivity index (χ2n) is 5.46. The number of anilines is 2. The lowest BCUT2D eigenvalue weighted by atomic mass is 9.86. The largest absolute Gasteiger partial charge is 0.495 e. The van der Waals surface area contributed by atoms with Gasteiger partial charge in [-0.05, 0) is 30.9 Å². The molecule has 1 saturated carbocycles. The quantitative estimate of drug-likeness (QED) is 0.834. The molecule has 0 bridgehead atoms. The zero-order valence-corrected chi connectivity index (χ0v) is 11.6. The van der Waals surface area contributed by atoms with Crippen LogP contribution in [0.1, 0.15) is 32.6 Å². The second-order valence-corrected chi connectivity index (χ2v) is 5.46. The average molecular weight is 248 g/mol. The maximum Gasteiger partial charge on any atom is 0.143 e. The lowest BCUT2D eigenvalue weighted by Crippen LogP contribution is -2.35. The first-order chi connectivity index (χ1) is 8.61. The van der Waals surface area contributed by atoms with Crippen LogP contribution in [-0.2, 0) is 0 Å². The smallest absolute Gasteiger partial charge is 0.143 e. The van der Waals surface area contributed by atoms with Gasteiger partial charge in [0.15, 0.2) is 0 Å². The summed E-state index contributed by atoms with van der Waals surface area (Å²) in [5.74, 6) is 1.60. The van der Waals surface area contributed by atoms with Crippen LogP contribution in [0.15, 0.2) is 18.2 Å². The van der Waals surface area contributed by atoms with Gasteiger partial charge in [-0.15, -0.1) is 0 Å². The molecule has 0 amide bonds. The van der Waals surface area contributed by atoms with E-state index in [9.17, 15) is 0 Å². The minimum absolute atomic E-state index is 0.641. The van der Waals surface area contributed by atoms with E-state index in [2.05, 4.69) is 24.9 Å². The Morgan fingerprint density at radius 3 is 2.78 bits per heavy atom. The molecule has 3 nitrogen and oxygen atoms in total. The van der Waals surface area contributed by atoms with Crippen molar-refractivity contribution < 1.29 is 4.74 Å². The van der Waals surface area contributed by atoms with Crippen molar-refractivity contribution in [1.82, 2.24) is 0 Å². The fourth-order valence-electron chi connectivity index (χ4n) is 2.88. The molecule has 2 rings (SSSR count). The summed E-state index contributed by atoms with van der Waals surface area (Å²) in [5, 5.41) is 0. The van der Waals surface area contributed by atoms with Gasteiger partial charge in [-0.1, -0.05) is 19.8 Å². The van der Waals surface area contributed by atoms with Crippen LogP contribution in [0.3, 0.4) is 0 Å². The minimum atomic E-state index is 0.641. The molecule has 0 radical (unpaired) electrons. The molecule has 1 aliphatic rings. The Balaban J connectivity index is 2.14. The van der Waals surface area contributed by atoms with E-state index < -0.39 is 0 Å². The van der Waals surface area contributed by atoms with Crippen LogP contribution in [0.4, 0.5) is 11.4 Å². The lowest BCUT2D eigenvalue weighted by molar-refractivity contribution is 0.336. The maximum absolute atomic E-state index is 5.86. The van der Waals surface area contributed by atoms with Crippen molar-refractivity contribution in [1.29, 1.82) is 0 Å². The number of nitrogen functional groups attached to an aromatic ring is 1. The molecule has 0 aliphatic heterocycles. The molecule has 100 valence electrons. The van der Waals surface area contributed by atoms with Crippen molar-refractivity contribution in [3.05, 3.63) is 18.2 Å². The molecule has 0 saturated heterocycles. The van der Waals surface area contributed by atoms with E-state index >= 15 is 0 Å². The number of hydrogen-bond donors (Lipinski definition) is 1. The SMILES string of the molecule is COc1cc(N(C)C2CCCC(C)C2)ccc1N. The Bertz CT molecular complexity index is 405. The van der Waals surface area contributed by atoms with Gasteiger partial charge in [0.2, 0.25) is 0 Å². The highest BCUT2D eigenvalue weighted by molar-refractivity contribution is 5.62. The molecule has 0 aromatic heterocycles. The predicted octanol–water partition coefficient (Wildman–Crippen LogP) is 3.29. The van der Waals surface area contributed by atoms with Crippen LogP contribution in [-0.4, -0.2) is 20.2 Å². The van der Waals surface area contributed by atoms with Crippen molar-refractivity contribution in [3.8, 4) is 5.75 Å². The highest BCUT2D eigenvalue weighted by Crippen LogP contribution is 2.32. The summed E-state index contributed by atoms with van der Waals surface area (Å²) >= 11 is 0. The van der Waals surface area contributed by atoms with Crippen LogP contribution in [0.25, 0.3) is 0 Å². The molecule has 0 heterocycles. The Kier molecular flexibility index (Phi) is 4.00. The molecule has 2 unspecified atom stereocenters. The van der Waals surface area contributed by atoms with Gasteiger partial charge in [-0.25, -0.2) is 0 Å². The van der Waals surface area contributed by atoms with Gasteiger partial charge in [0.25, 0.3) is 0 Å². The van der Waals surface area contributed by atoms with Crippen LogP contribution >= 0.6 is 0 Å². The van der Waals surface area contributed by atoms with Crippen molar-refractivity contribution in [2.45, 2.75) is 38.6 Å². The number of benzene rings is 1. The van der Waals surface area contributed by atoms with Gasteiger partial charge in [-0.3, -0.25) is 0 Å². The minimum Gasteiger partial charge on any atom is -0.495 e. The summed E-state index contributed by atoms with van der Waals surface area (Å²) in [6, 6.07) is 6.69. The number of methoxy groups -OCH3 is 1. The summed E-state index contributed by atoms with van der Waals surface area (Å²) in [6.45, 7) is 2.35. The van der Waals surface area contributed by atoms with Crippen LogP contribution in [0, 0.1) is 5.92 Å². The summed E-state index contributed by atoms with van der Waals surface area (Å²) < 4.78 is 5.29. The molecule has 1 fully saturated rings. The predicted molar refractivity (Wildman–Crippen MR) is 77.2 cm³/mol. The fourth-order valence-corrected chi connectivity index (χ4v) is 2.88. The van der Waals surface area contributed by atoms with E-state index in [0.717, 1.165) is 11.7 Å². The zero-order chi connectivity index (χ0) is 13.1. The van der Waals surface area contributed by atoms with Crippen molar-refractivity contribution in [3.63, 3.8) is 0 Å². The van der Waals surface area contributed by atoms with E-state index in [4.69, 9.17) is 10.5 Å². The molecule has 1 aliphatic carbocycles. The average Bonchev–Trinajstić information content (AvgIpc) is 2.38. The number of ether oxygens (including phenoxy) is 1. The third-order valence-electron chi connectivity index (χ3n) is 4.08. The molecule has 1 aromatic rings. The standard InChI is InChI=1S/C15H24N2O/c1-11-5-4-6-12(9-11)17(2)13-7-8-14(16)15(10-13)18-3/h7-8,10-12H,4-6,9,16H2,1-3H3. The van der Waals surface area contributed by atoms with Gasteiger partial charge >= 0.3 is 0 Å². The Morgan fingerprint density at radius 2 is 2.11 bits per heavy atom. The number of nitrogens with zero attached hydrogens (tertiary/aromatic N) is 1. The van der Waals surface area contributed by atoms with E-state index in [1.54, 1.807) is 7.11 Å². The molecular weight excluding hydrogens is 224 g/mol. The summed E-state index contributed by atoms with van der Waals surface area (Å²) in [4.78, 5) is 2.37. The van der Waals surface area contributed by atoms with E-state index in [-0.39, 0.29) is 0 Å². The van der Waals surface area contributed by atoms with E-state index in [1.165, 1.54) is 31.4 Å². The summed E-state index contributed by atoms with van der Waals surface area (Å²) in [5.41, 5.74) is 7.75. The third kappa shape index (κ3) is 2.71. The molecule has 3 heteroatoms. The van der Waals surface area contributed by atoms with E-state index in [1.807, 2.05) is 12.1 Å². The van der Waals surface area contributed by atoms with Gasteiger partial charge in [0, 0.05) is 24.8 Å². The van der Waals surface area contributed by atoms with Crippen molar-refractivity contribution >= 4 is 11.4 Å². The maximum atomic E-state index is 5.86. The molecular formula is C15H24N2O. The lowest BCUT2D eigenvalue weighted by Gasteiger charge is -2.35. The van der Waals surface area contributed by atoms with Crippen LogP contribution < -0.4 is 15.4 Å². The van der Waals surface area contributed by atoms with Gasteiger partial charge < -0.3 is 15.4 Å². The van der Waals surface area contributed by atoms with Gasteiger partial charge in [-0.2, -0.15) is 0 Å². The zero-order valence-electron chi connectivity index (χ0n) is 11.6. The first-order valence-corrected chi connectivity index (χ1v) is 6.78. The summed E-state index contributed by atoms with van der Waals surface area (Å²) in [6.07, 6.45) is 5.27. The Hall–Kier alpha value is -1.38. The molecule has 18 heavy (non-hydrogen) atoms. The Labute approximate surface area is 110 Å². The summed E-state index contributed by atoms with van der Waals surface area (Å²) in [7, 11) is 3.84. The molecule has 2 N–H and O–H groups in total. The number of nitrogens with two attached hydrogens (primary N) is 1. The van der Waals surface area contributed by atoms with Crippen molar-refractivity contribution in [2.24, 2.45) is 5.92 Å². The van der Waals surface area contributed by atoms with Gasteiger partial charge in [0.05, 0.1) is 12.8 Å². The molecule has 1 aromatic carbocycles. The second kappa shape index (κ2) is 5.51.